The maximum atomic E-state index is 11.7. The highest BCUT2D eigenvalue weighted by molar-refractivity contribution is 5.24. The number of rotatable bonds is 2. The van der Waals surface area contributed by atoms with Crippen molar-refractivity contribution < 1.29 is 5.11 Å². The Balaban J connectivity index is 1.92. The van der Waals surface area contributed by atoms with Crippen molar-refractivity contribution in [3.05, 3.63) is 22.7 Å². The summed E-state index contributed by atoms with van der Waals surface area (Å²) in [5.41, 5.74) is 5.29. The van der Waals surface area contributed by atoms with Gasteiger partial charge >= 0.3 is 5.69 Å². The smallest absolute Gasteiger partial charge is 0.349 e. The summed E-state index contributed by atoms with van der Waals surface area (Å²) in [6.07, 6.45) is 4.72. The molecule has 1 heterocycles. The van der Waals surface area contributed by atoms with E-state index in [1.807, 2.05) is 0 Å². The van der Waals surface area contributed by atoms with Gasteiger partial charge in [0, 0.05) is 18.8 Å². The highest BCUT2D eigenvalue weighted by Gasteiger charge is 2.61. The number of hydrogen-bond acceptors (Lipinski definition) is 4. The van der Waals surface area contributed by atoms with Gasteiger partial charge in [0.2, 0.25) is 0 Å². The zero-order valence-corrected chi connectivity index (χ0v) is 8.97. The SMILES string of the molecule is Nc1ccn(C2CCC3(CO)CC23)c(=O)n1. The van der Waals surface area contributed by atoms with Crippen molar-refractivity contribution in [2.45, 2.75) is 25.3 Å². The van der Waals surface area contributed by atoms with Gasteiger partial charge in [-0.2, -0.15) is 4.98 Å². The lowest BCUT2D eigenvalue weighted by Crippen LogP contribution is -2.27. The van der Waals surface area contributed by atoms with Gasteiger partial charge in [-0.05, 0) is 36.7 Å². The number of aliphatic hydroxyl groups excluding tert-OH is 1. The number of hydrogen-bond donors (Lipinski definition) is 2. The molecule has 0 saturated heterocycles. The summed E-state index contributed by atoms with van der Waals surface area (Å²) in [6.45, 7) is 0.241. The lowest BCUT2D eigenvalue weighted by Gasteiger charge is -2.14. The highest BCUT2D eigenvalue weighted by atomic mass is 16.3. The topological polar surface area (TPSA) is 81.1 Å². The van der Waals surface area contributed by atoms with Crippen molar-refractivity contribution in [2.24, 2.45) is 11.3 Å². The molecule has 3 atom stereocenters. The average molecular weight is 221 g/mol. The molecule has 0 aromatic carbocycles. The zero-order chi connectivity index (χ0) is 11.3. The second-order valence-corrected chi connectivity index (χ2v) is 4.98. The Hall–Kier alpha value is -1.36. The molecule has 86 valence electrons. The van der Waals surface area contributed by atoms with Crippen LogP contribution in [0, 0.1) is 11.3 Å². The first-order valence-electron chi connectivity index (χ1n) is 5.62. The van der Waals surface area contributed by atoms with Gasteiger partial charge in [0.15, 0.2) is 0 Å². The second kappa shape index (κ2) is 3.07. The van der Waals surface area contributed by atoms with Gasteiger partial charge in [-0.25, -0.2) is 4.79 Å². The van der Waals surface area contributed by atoms with Gasteiger partial charge in [0.25, 0.3) is 0 Å². The molecule has 0 radical (unpaired) electrons. The highest BCUT2D eigenvalue weighted by Crippen LogP contribution is 2.66. The van der Waals surface area contributed by atoms with Gasteiger partial charge in [-0.15, -0.1) is 0 Å². The number of nitrogens with zero attached hydrogens (tertiary/aromatic N) is 2. The number of nitrogen functional groups attached to an aromatic ring is 1. The van der Waals surface area contributed by atoms with Gasteiger partial charge in [-0.1, -0.05) is 0 Å². The largest absolute Gasteiger partial charge is 0.396 e. The Morgan fingerprint density at radius 2 is 2.50 bits per heavy atom. The molecule has 0 bridgehead atoms. The molecule has 5 heteroatoms. The third kappa shape index (κ3) is 1.21. The van der Waals surface area contributed by atoms with Crippen LogP contribution in [-0.2, 0) is 0 Å². The quantitative estimate of drug-likeness (QED) is 0.745. The van der Waals surface area contributed by atoms with E-state index in [9.17, 15) is 9.90 Å². The minimum atomic E-state index is -0.273. The number of aliphatic hydroxyl groups is 1. The predicted molar refractivity (Wildman–Crippen MR) is 58.8 cm³/mol. The third-order valence-electron chi connectivity index (χ3n) is 4.18. The Bertz CT molecular complexity index is 484. The first kappa shape index (κ1) is 9.84. The van der Waals surface area contributed by atoms with Crippen LogP contribution < -0.4 is 11.4 Å². The molecule has 1 aromatic heterocycles. The van der Waals surface area contributed by atoms with Gasteiger partial charge in [0.1, 0.15) is 5.82 Å². The van der Waals surface area contributed by atoms with Gasteiger partial charge in [-0.3, -0.25) is 4.57 Å². The van der Waals surface area contributed by atoms with Crippen molar-refractivity contribution in [1.82, 2.24) is 9.55 Å². The van der Waals surface area contributed by atoms with E-state index in [0.29, 0.717) is 5.92 Å². The zero-order valence-electron chi connectivity index (χ0n) is 8.97. The summed E-state index contributed by atoms with van der Waals surface area (Å²) in [6, 6.07) is 1.86. The van der Waals surface area contributed by atoms with Gasteiger partial charge in [0.05, 0.1) is 0 Å². The lowest BCUT2D eigenvalue weighted by atomic mass is 10.1. The van der Waals surface area contributed by atoms with Gasteiger partial charge < -0.3 is 10.8 Å². The van der Waals surface area contributed by atoms with E-state index >= 15 is 0 Å². The molecule has 16 heavy (non-hydrogen) atoms. The van der Waals surface area contributed by atoms with Crippen molar-refractivity contribution >= 4 is 5.82 Å². The van der Waals surface area contributed by atoms with E-state index in [4.69, 9.17) is 5.73 Å². The van der Waals surface area contributed by atoms with E-state index < -0.39 is 0 Å². The van der Waals surface area contributed by atoms with Crippen LogP contribution in [0.2, 0.25) is 0 Å². The summed E-state index contributed by atoms with van der Waals surface area (Å²) in [5, 5.41) is 9.32. The van der Waals surface area contributed by atoms with Crippen molar-refractivity contribution in [2.75, 3.05) is 12.3 Å². The molecule has 3 N–H and O–H groups in total. The number of aromatic nitrogens is 2. The summed E-state index contributed by atoms with van der Waals surface area (Å²) in [4.78, 5) is 15.4. The molecule has 2 fully saturated rings. The van der Waals surface area contributed by atoms with Crippen LogP contribution in [0.4, 0.5) is 5.82 Å². The summed E-state index contributed by atoms with van der Waals surface area (Å²) in [7, 11) is 0. The molecule has 0 aliphatic heterocycles. The molecule has 2 aliphatic carbocycles. The lowest BCUT2D eigenvalue weighted by molar-refractivity contribution is 0.205. The molecule has 5 nitrogen and oxygen atoms in total. The van der Waals surface area contributed by atoms with E-state index in [1.54, 1.807) is 16.8 Å². The fourth-order valence-electron chi connectivity index (χ4n) is 3.12. The van der Waals surface area contributed by atoms with E-state index in [0.717, 1.165) is 19.3 Å². The minimum absolute atomic E-state index is 0.103. The normalized spacial score (nSPS) is 36.1. The molecule has 2 aliphatic rings. The second-order valence-electron chi connectivity index (χ2n) is 4.98. The maximum Gasteiger partial charge on any atom is 0.349 e. The molecule has 3 unspecified atom stereocenters. The maximum absolute atomic E-state index is 11.7. The minimum Gasteiger partial charge on any atom is -0.396 e. The first-order valence-corrected chi connectivity index (χ1v) is 5.62. The first-order chi connectivity index (χ1) is 7.66. The Kier molecular flexibility index (Phi) is 1.89. The van der Waals surface area contributed by atoms with E-state index in [1.165, 1.54) is 0 Å². The Morgan fingerprint density at radius 3 is 3.06 bits per heavy atom. The fraction of sp³-hybridized carbons (Fsp3) is 0.636. The number of fused-ring (bicyclic) bond motifs is 1. The van der Waals surface area contributed by atoms with Crippen molar-refractivity contribution in [3.63, 3.8) is 0 Å². The molecule has 1 aromatic rings. The van der Waals surface area contributed by atoms with Crippen LogP contribution in [-0.4, -0.2) is 21.3 Å². The summed E-state index contributed by atoms with van der Waals surface area (Å²) in [5.74, 6) is 0.712. The number of anilines is 1. The van der Waals surface area contributed by atoms with Crippen LogP contribution in [0.15, 0.2) is 17.1 Å². The van der Waals surface area contributed by atoms with Crippen molar-refractivity contribution in [3.8, 4) is 0 Å². The van der Waals surface area contributed by atoms with Crippen molar-refractivity contribution in [1.29, 1.82) is 0 Å². The molecular formula is C11H15N3O2. The molecular weight excluding hydrogens is 206 g/mol. The molecule has 0 spiro atoms. The Labute approximate surface area is 92.9 Å². The number of nitrogens with two attached hydrogens (primary N) is 1. The van der Waals surface area contributed by atoms with Crippen LogP contribution in [0.5, 0.6) is 0 Å². The Morgan fingerprint density at radius 1 is 1.69 bits per heavy atom. The van der Waals surface area contributed by atoms with Crippen LogP contribution in [0.1, 0.15) is 25.3 Å². The van der Waals surface area contributed by atoms with Crippen LogP contribution in [0.3, 0.4) is 0 Å². The predicted octanol–water partition coefficient (Wildman–Crippen LogP) is 0.159. The fourth-order valence-corrected chi connectivity index (χ4v) is 3.12. The standard InChI is InChI=1S/C11H15N3O2/c12-9-2-4-14(10(16)13-9)8-1-3-11(6-15)5-7(8)11/h2,4,7-8,15H,1,3,5-6H2,(H2,12,13,16). The molecule has 2 saturated carbocycles. The van der Waals surface area contributed by atoms with Crippen LogP contribution in [0.25, 0.3) is 0 Å². The molecule has 0 amide bonds. The third-order valence-corrected chi connectivity index (χ3v) is 4.18. The monoisotopic (exact) mass is 221 g/mol. The molecule has 3 rings (SSSR count). The summed E-state index contributed by atoms with van der Waals surface area (Å²) < 4.78 is 1.67. The van der Waals surface area contributed by atoms with E-state index in [2.05, 4.69) is 4.98 Å². The average Bonchev–Trinajstić information content (AvgIpc) is 2.88. The summed E-state index contributed by atoms with van der Waals surface area (Å²) >= 11 is 0. The van der Waals surface area contributed by atoms with E-state index in [-0.39, 0.29) is 29.6 Å². The van der Waals surface area contributed by atoms with Crippen LogP contribution >= 0.6 is 0 Å².